The van der Waals surface area contributed by atoms with E-state index in [0.717, 1.165) is 0 Å². The van der Waals surface area contributed by atoms with Crippen molar-refractivity contribution in [2.45, 2.75) is 0 Å². The molecule has 0 spiro atoms. The Bertz CT molecular complexity index is 317. The van der Waals surface area contributed by atoms with E-state index in [4.69, 9.17) is 9.47 Å². The lowest BCUT2D eigenvalue weighted by Crippen LogP contribution is -2.25. The summed E-state index contributed by atoms with van der Waals surface area (Å²) in [6.07, 6.45) is -0.534. The van der Waals surface area contributed by atoms with Crippen LogP contribution in [0, 0.1) is 0 Å². The van der Waals surface area contributed by atoms with Crippen LogP contribution in [0.5, 0.6) is 11.5 Å². The molecule has 4 nitrogen and oxygen atoms in total. The molecule has 0 aliphatic rings. The fourth-order valence-corrected chi connectivity index (χ4v) is 1.00. The smallest absolute Gasteiger partial charge is 0.413 e. The first-order valence-corrected chi connectivity index (χ1v) is 4.60. The molecule has 0 aromatic heterocycles. The number of carbonyl (C=O) groups is 1. The number of hydrogen-bond donors (Lipinski definition) is 2. The van der Waals surface area contributed by atoms with E-state index < -0.39 is 6.09 Å². The van der Waals surface area contributed by atoms with E-state index in [1.807, 2.05) is 0 Å². The zero-order valence-electron chi connectivity index (χ0n) is 7.69. The second-order valence-electron chi connectivity index (χ2n) is 2.40. The molecule has 0 saturated carbocycles. The molecule has 0 aliphatic heterocycles. The van der Waals surface area contributed by atoms with Crippen molar-refractivity contribution in [3.8, 4) is 11.5 Å². The normalized spacial score (nSPS) is 9.29. The summed E-state index contributed by atoms with van der Waals surface area (Å²) < 4.78 is 9.89. The number of amides is 1. The molecule has 0 unspecified atom stereocenters. The van der Waals surface area contributed by atoms with Gasteiger partial charge in [-0.25, -0.2) is 4.79 Å². The molecule has 0 radical (unpaired) electrons. The molecule has 5 heteroatoms. The third kappa shape index (κ3) is 3.18. The van der Waals surface area contributed by atoms with Crippen molar-refractivity contribution < 1.29 is 14.3 Å². The van der Waals surface area contributed by atoms with Crippen LogP contribution in [0.15, 0.2) is 24.3 Å². The number of methoxy groups -OCH3 is 1. The predicted molar refractivity (Wildman–Crippen MR) is 56.0 cm³/mol. The Morgan fingerprint density at radius 2 is 2.21 bits per heavy atom. The van der Waals surface area contributed by atoms with Crippen LogP contribution in [0.2, 0.25) is 0 Å². The SMILES string of the molecule is COc1cccc(OC(=O)NCS)c1. The van der Waals surface area contributed by atoms with E-state index in [-0.39, 0.29) is 5.88 Å². The largest absolute Gasteiger partial charge is 0.497 e. The molecule has 1 aromatic carbocycles. The molecule has 14 heavy (non-hydrogen) atoms. The van der Waals surface area contributed by atoms with Crippen molar-refractivity contribution in [3.05, 3.63) is 24.3 Å². The van der Waals surface area contributed by atoms with Gasteiger partial charge in [0.15, 0.2) is 0 Å². The van der Waals surface area contributed by atoms with Crippen LogP contribution in [-0.2, 0) is 0 Å². The van der Waals surface area contributed by atoms with E-state index in [1.165, 1.54) is 0 Å². The molecular formula is C9H11NO3S. The Labute approximate surface area is 87.6 Å². The van der Waals surface area contributed by atoms with Crippen LogP contribution in [0.4, 0.5) is 4.79 Å². The third-order valence-electron chi connectivity index (χ3n) is 1.48. The summed E-state index contributed by atoms with van der Waals surface area (Å²) in [5.74, 6) is 1.31. The summed E-state index contributed by atoms with van der Waals surface area (Å²) in [4.78, 5) is 11.0. The standard InChI is InChI=1S/C9H11NO3S/c1-12-7-3-2-4-8(5-7)13-9(11)10-6-14/h2-5,14H,6H2,1H3,(H,10,11). The average molecular weight is 213 g/mol. The second-order valence-corrected chi connectivity index (χ2v) is 2.72. The zero-order chi connectivity index (χ0) is 10.4. The summed E-state index contributed by atoms with van der Waals surface area (Å²) in [6, 6.07) is 6.80. The molecule has 0 fully saturated rings. The summed E-state index contributed by atoms with van der Waals surface area (Å²) in [5, 5.41) is 2.39. The Morgan fingerprint density at radius 3 is 2.86 bits per heavy atom. The lowest BCUT2D eigenvalue weighted by atomic mass is 10.3. The number of thiol groups is 1. The minimum atomic E-state index is -0.534. The fraction of sp³-hybridized carbons (Fsp3) is 0.222. The van der Waals surface area contributed by atoms with Gasteiger partial charge in [0, 0.05) is 6.07 Å². The summed E-state index contributed by atoms with van der Waals surface area (Å²) >= 11 is 3.83. The number of nitrogens with one attached hydrogen (secondary N) is 1. The van der Waals surface area contributed by atoms with E-state index in [2.05, 4.69) is 17.9 Å². The highest BCUT2D eigenvalue weighted by Gasteiger charge is 2.02. The summed E-state index contributed by atoms with van der Waals surface area (Å²) in [5.41, 5.74) is 0. The van der Waals surface area contributed by atoms with Crippen molar-refractivity contribution in [3.63, 3.8) is 0 Å². The molecular weight excluding hydrogens is 202 g/mol. The molecule has 1 aromatic rings. The Balaban J connectivity index is 2.62. The molecule has 0 heterocycles. The Kier molecular flexibility index (Phi) is 4.12. The molecule has 0 aliphatic carbocycles. The van der Waals surface area contributed by atoms with Crippen molar-refractivity contribution in [2.75, 3.05) is 13.0 Å². The molecule has 1 N–H and O–H groups in total. The van der Waals surface area contributed by atoms with Crippen LogP contribution < -0.4 is 14.8 Å². The molecule has 0 bridgehead atoms. The minimum absolute atomic E-state index is 0.239. The van der Waals surface area contributed by atoms with Crippen LogP contribution in [-0.4, -0.2) is 19.1 Å². The van der Waals surface area contributed by atoms with Crippen LogP contribution in [0.1, 0.15) is 0 Å². The van der Waals surface area contributed by atoms with Crippen LogP contribution >= 0.6 is 12.6 Å². The number of hydrogen-bond acceptors (Lipinski definition) is 4. The maximum absolute atomic E-state index is 11.0. The van der Waals surface area contributed by atoms with E-state index in [0.29, 0.717) is 11.5 Å². The van der Waals surface area contributed by atoms with Gasteiger partial charge >= 0.3 is 6.09 Å². The van der Waals surface area contributed by atoms with Crippen molar-refractivity contribution >= 4 is 18.7 Å². The average Bonchev–Trinajstić information content (AvgIpc) is 2.18. The number of ether oxygens (including phenoxy) is 2. The van der Waals surface area contributed by atoms with Gasteiger partial charge in [0.25, 0.3) is 0 Å². The maximum Gasteiger partial charge on any atom is 0.413 e. The van der Waals surface area contributed by atoms with Crippen LogP contribution in [0.3, 0.4) is 0 Å². The Morgan fingerprint density at radius 1 is 1.50 bits per heavy atom. The highest BCUT2D eigenvalue weighted by molar-refractivity contribution is 7.80. The zero-order valence-corrected chi connectivity index (χ0v) is 8.58. The molecule has 76 valence electrons. The van der Waals surface area contributed by atoms with Gasteiger partial charge in [-0.2, -0.15) is 12.6 Å². The summed E-state index contributed by atoms with van der Waals surface area (Å²) in [6.45, 7) is 0. The first-order valence-electron chi connectivity index (χ1n) is 3.97. The number of rotatable bonds is 3. The molecule has 0 saturated heterocycles. The highest BCUT2D eigenvalue weighted by atomic mass is 32.1. The third-order valence-corrected chi connectivity index (χ3v) is 1.63. The van der Waals surface area contributed by atoms with Gasteiger partial charge in [0.1, 0.15) is 11.5 Å². The maximum atomic E-state index is 11.0. The van der Waals surface area contributed by atoms with E-state index in [1.54, 1.807) is 31.4 Å². The van der Waals surface area contributed by atoms with E-state index in [9.17, 15) is 4.79 Å². The molecule has 1 rings (SSSR count). The van der Waals surface area contributed by atoms with Crippen molar-refractivity contribution in [1.29, 1.82) is 0 Å². The van der Waals surface area contributed by atoms with Gasteiger partial charge in [-0.15, -0.1) is 0 Å². The number of carbonyl (C=O) groups excluding carboxylic acids is 1. The van der Waals surface area contributed by atoms with Crippen LogP contribution in [0.25, 0.3) is 0 Å². The number of benzene rings is 1. The lowest BCUT2D eigenvalue weighted by Gasteiger charge is -2.05. The topological polar surface area (TPSA) is 47.6 Å². The summed E-state index contributed by atoms with van der Waals surface area (Å²) in [7, 11) is 1.55. The first kappa shape index (κ1) is 10.7. The second kappa shape index (κ2) is 5.39. The first-order chi connectivity index (χ1) is 6.76. The molecule has 1 amide bonds. The van der Waals surface area contributed by atoms with Crippen molar-refractivity contribution in [2.24, 2.45) is 0 Å². The lowest BCUT2D eigenvalue weighted by molar-refractivity contribution is 0.202. The van der Waals surface area contributed by atoms with Gasteiger partial charge in [-0.3, -0.25) is 0 Å². The fourth-order valence-electron chi connectivity index (χ4n) is 0.872. The quantitative estimate of drug-likeness (QED) is 0.593. The van der Waals surface area contributed by atoms with Gasteiger partial charge in [-0.05, 0) is 12.1 Å². The van der Waals surface area contributed by atoms with Gasteiger partial charge in [0.2, 0.25) is 0 Å². The van der Waals surface area contributed by atoms with Gasteiger partial charge < -0.3 is 14.8 Å². The minimum Gasteiger partial charge on any atom is -0.497 e. The molecule has 0 atom stereocenters. The Hall–Kier alpha value is -1.36. The monoisotopic (exact) mass is 213 g/mol. The highest BCUT2D eigenvalue weighted by Crippen LogP contribution is 2.18. The van der Waals surface area contributed by atoms with E-state index >= 15 is 0 Å². The van der Waals surface area contributed by atoms with Gasteiger partial charge in [-0.1, -0.05) is 6.07 Å². The predicted octanol–water partition coefficient (Wildman–Crippen LogP) is 1.67. The van der Waals surface area contributed by atoms with Gasteiger partial charge in [0.05, 0.1) is 13.0 Å². The van der Waals surface area contributed by atoms with Crippen molar-refractivity contribution in [1.82, 2.24) is 5.32 Å².